The Morgan fingerprint density at radius 3 is 2.78 bits per heavy atom. The largest absolute Gasteiger partial charge is 0.393 e. The monoisotopic (exact) mass is 494 g/mol. The molecule has 2 aromatic carbocycles. The van der Waals surface area contributed by atoms with Crippen molar-refractivity contribution in [2.24, 2.45) is 0 Å². The van der Waals surface area contributed by atoms with E-state index >= 15 is 0 Å². The number of fused-ring (bicyclic) bond motifs is 2. The summed E-state index contributed by atoms with van der Waals surface area (Å²) in [5.74, 6) is 0.955. The fourth-order valence-corrected chi connectivity index (χ4v) is 5.34. The van der Waals surface area contributed by atoms with Crippen molar-refractivity contribution in [3.05, 3.63) is 60.4 Å². The van der Waals surface area contributed by atoms with Crippen LogP contribution in [0.2, 0.25) is 0 Å². The Bertz CT molecular complexity index is 1520. The third kappa shape index (κ3) is 4.13. The van der Waals surface area contributed by atoms with Gasteiger partial charge in [0.15, 0.2) is 5.82 Å². The van der Waals surface area contributed by atoms with Crippen molar-refractivity contribution in [1.29, 1.82) is 5.26 Å². The first kappa shape index (κ1) is 22.9. The second kappa shape index (κ2) is 9.19. The van der Waals surface area contributed by atoms with Crippen molar-refractivity contribution >= 4 is 45.6 Å². The quantitative estimate of drug-likeness (QED) is 0.385. The van der Waals surface area contributed by atoms with E-state index in [-0.39, 0.29) is 18.1 Å². The van der Waals surface area contributed by atoms with Gasteiger partial charge in [-0.25, -0.2) is 4.98 Å². The van der Waals surface area contributed by atoms with Gasteiger partial charge in [0.2, 0.25) is 5.95 Å². The van der Waals surface area contributed by atoms with Gasteiger partial charge in [-0.3, -0.25) is 14.8 Å². The number of amides is 1. The SMILES string of the molecule is C[C@@H]1C(=O)N(c2cccc(C#N)c2)c2cnc(Nc3ccc4[nH]ncc4c3)nc2N1[C@H]1CC[C@@H](O)CC1. The summed E-state index contributed by atoms with van der Waals surface area (Å²) in [5.41, 5.74) is 3.40. The van der Waals surface area contributed by atoms with E-state index in [9.17, 15) is 15.2 Å². The lowest BCUT2D eigenvalue weighted by atomic mass is 9.90. The second-order valence-electron chi connectivity index (χ2n) is 9.58. The van der Waals surface area contributed by atoms with Crippen LogP contribution < -0.4 is 15.1 Å². The minimum Gasteiger partial charge on any atom is -0.393 e. The highest BCUT2D eigenvalue weighted by atomic mass is 16.3. The number of carbonyl (C=O) groups is 1. The second-order valence-corrected chi connectivity index (χ2v) is 9.58. The lowest BCUT2D eigenvalue weighted by Gasteiger charge is -2.45. The van der Waals surface area contributed by atoms with Crippen LogP contribution in [-0.2, 0) is 4.79 Å². The van der Waals surface area contributed by atoms with E-state index in [2.05, 4.69) is 31.5 Å². The lowest BCUT2D eigenvalue weighted by Crippen LogP contribution is -2.55. The normalized spacial score (nSPS) is 21.5. The molecule has 1 atom stereocenters. The molecule has 186 valence electrons. The van der Waals surface area contributed by atoms with E-state index in [1.54, 1.807) is 35.5 Å². The highest BCUT2D eigenvalue weighted by Crippen LogP contribution is 2.42. The number of nitrogens with zero attached hydrogens (tertiary/aromatic N) is 6. The van der Waals surface area contributed by atoms with Crippen molar-refractivity contribution in [2.45, 2.75) is 50.8 Å². The minimum atomic E-state index is -0.483. The Hall–Kier alpha value is -4.49. The lowest BCUT2D eigenvalue weighted by molar-refractivity contribution is -0.119. The predicted molar refractivity (Wildman–Crippen MR) is 140 cm³/mol. The molecule has 10 nitrogen and oxygen atoms in total. The van der Waals surface area contributed by atoms with Crippen LogP contribution in [0, 0.1) is 11.3 Å². The van der Waals surface area contributed by atoms with Crippen LogP contribution in [0.3, 0.4) is 0 Å². The van der Waals surface area contributed by atoms with Gasteiger partial charge in [0.05, 0.1) is 41.3 Å². The number of aromatic nitrogens is 4. The number of nitriles is 1. The molecule has 3 N–H and O–H groups in total. The molecule has 4 aromatic rings. The maximum Gasteiger partial charge on any atom is 0.254 e. The molecule has 2 aliphatic rings. The predicted octanol–water partition coefficient (Wildman–Crippen LogP) is 4.14. The summed E-state index contributed by atoms with van der Waals surface area (Å²) in [4.78, 5) is 26.9. The van der Waals surface area contributed by atoms with Crippen LogP contribution in [0.1, 0.15) is 38.2 Å². The molecule has 1 fully saturated rings. The van der Waals surface area contributed by atoms with Crippen LogP contribution in [0.5, 0.6) is 0 Å². The molecule has 1 aliphatic heterocycles. The molecular weight excluding hydrogens is 468 g/mol. The number of anilines is 5. The van der Waals surface area contributed by atoms with Gasteiger partial charge in [0, 0.05) is 17.1 Å². The number of H-pyrrole nitrogens is 1. The average molecular weight is 495 g/mol. The molecule has 1 aliphatic carbocycles. The molecule has 0 saturated heterocycles. The number of carbonyl (C=O) groups excluding carboxylic acids is 1. The zero-order valence-corrected chi connectivity index (χ0v) is 20.3. The van der Waals surface area contributed by atoms with E-state index < -0.39 is 6.04 Å². The smallest absolute Gasteiger partial charge is 0.254 e. The van der Waals surface area contributed by atoms with Crippen LogP contribution in [0.4, 0.5) is 28.8 Å². The van der Waals surface area contributed by atoms with Gasteiger partial charge in [-0.1, -0.05) is 6.07 Å². The Kier molecular flexibility index (Phi) is 5.70. The van der Waals surface area contributed by atoms with Crippen LogP contribution in [0.25, 0.3) is 10.9 Å². The summed E-state index contributed by atoms with van der Waals surface area (Å²) in [6.07, 6.45) is 6.02. The van der Waals surface area contributed by atoms with Gasteiger partial charge in [0.1, 0.15) is 11.7 Å². The first-order chi connectivity index (χ1) is 18.0. The summed E-state index contributed by atoms with van der Waals surface area (Å²) >= 11 is 0. The molecule has 0 bridgehead atoms. The van der Waals surface area contributed by atoms with E-state index in [0.717, 1.165) is 29.4 Å². The molecule has 0 unspecified atom stereocenters. The zero-order valence-electron chi connectivity index (χ0n) is 20.3. The third-order valence-corrected chi connectivity index (χ3v) is 7.22. The van der Waals surface area contributed by atoms with Crippen LogP contribution >= 0.6 is 0 Å². The molecule has 1 amide bonds. The van der Waals surface area contributed by atoms with E-state index in [1.807, 2.05) is 31.2 Å². The first-order valence-corrected chi connectivity index (χ1v) is 12.4. The van der Waals surface area contributed by atoms with Crippen molar-refractivity contribution in [3.8, 4) is 6.07 Å². The van der Waals surface area contributed by atoms with Crippen molar-refractivity contribution in [1.82, 2.24) is 20.2 Å². The van der Waals surface area contributed by atoms with Gasteiger partial charge in [-0.15, -0.1) is 0 Å². The number of nitrogens with one attached hydrogen (secondary N) is 2. The maximum atomic E-state index is 13.8. The van der Waals surface area contributed by atoms with Crippen LogP contribution in [-0.4, -0.2) is 49.4 Å². The molecular formula is C27H26N8O2. The fraction of sp³-hybridized carbons (Fsp3) is 0.296. The van der Waals surface area contributed by atoms with E-state index in [4.69, 9.17) is 4.98 Å². The summed E-state index contributed by atoms with van der Waals surface area (Å²) in [7, 11) is 0. The summed E-state index contributed by atoms with van der Waals surface area (Å²) in [5, 5.41) is 30.8. The molecule has 10 heteroatoms. The Labute approximate surface area is 213 Å². The number of aliphatic hydroxyl groups excluding tert-OH is 1. The highest BCUT2D eigenvalue weighted by Gasteiger charge is 2.42. The Morgan fingerprint density at radius 2 is 1.97 bits per heavy atom. The summed E-state index contributed by atoms with van der Waals surface area (Å²) in [6, 6.07) is 14.6. The van der Waals surface area contributed by atoms with Gasteiger partial charge < -0.3 is 15.3 Å². The van der Waals surface area contributed by atoms with Gasteiger partial charge >= 0.3 is 0 Å². The summed E-state index contributed by atoms with van der Waals surface area (Å²) in [6.45, 7) is 1.89. The minimum absolute atomic E-state index is 0.0683. The topological polar surface area (TPSA) is 134 Å². The third-order valence-electron chi connectivity index (χ3n) is 7.22. The molecule has 1 saturated carbocycles. The van der Waals surface area contributed by atoms with Crippen molar-refractivity contribution in [2.75, 3.05) is 15.1 Å². The van der Waals surface area contributed by atoms with Gasteiger partial charge in [0.25, 0.3) is 5.91 Å². The zero-order chi connectivity index (χ0) is 25.5. The number of hydrogen-bond acceptors (Lipinski definition) is 8. The Morgan fingerprint density at radius 1 is 1.14 bits per heavy atom. The van der Waals surface area contributed by atoms with Crippen molar-refractivity contribution < 1.29 is 9.90 Å². The molecule has 37 heavy (non-hydrogen) atoms. The van der Waals surface area contributed by atoms with Crippen LogP contribution in [0.15, 0.2) is 54.9 Å². The number of aromatic amines is 1. The van der Waals surface area contributed by atoms with Gasteiger partial charge in [-0.05, 0) is 69.0 Å². The molecule has 0 spiro atoms. The highest BCUT2D eigenvalue weighted by molar-refractivity contribution is 6.10. The first-order valence-electron chi connectivity index (χ1n) is 12.4. The average Bonchev–Trinajstić information content (AvgIpc) is 3.39. The van der Waals surface area contributed by atoms with E-state index in [0.29, 0.717) is 41.5 Å². The number of rotatable bonds is 4. The van der Waals surface area contributed by atoms with E-state index in [1.165, 1.54) is 0 Å². The molecule has 2 aromatic heterocycles. The Balaban J connectivity index is 1.43. The fourth-order valence-electron chi connectivity index (χ4n) is 5.34. The molecule has 3 heterocycles. The molecule has 0 radical (unpaired) electrons. The molecule has 6 rings (SSSR count). The number of hydrogen-bond donors (Lipinski definition) is 3. The summed E-state index contributed by atoms with van der Waals surface area (Å²) < 4.78 is 0. The van der Waals surface area contributed by atoms with Crippen molar-refractivity contribution in [3.63, 3.8) is 0 Å². The maximum absolute atomic E-state index is 13.8. The standard InChI is InChI=1S/C27H26N8O2/c1-16-26(37)35(21-4-2-3-17(11-21)13-28)24-15-29-27(31-19-5-10-23-18(12-19)14-30-33-23)32-25(24)34(16)20-6-8-22(36)9-7-20/h2-5,10-12,14-16,20,22,36H,6-9H2,1H3,(H,30,33)(H,29,31,32)/t16-,20-,22+/m1/s1. The van der Waals surface area contributed by atoms with Gasteiger partial charge in [-0.2, -0.15) is 15.3 Å². The number of benzene rings is 2. The number of aliphatic hydroxyl groups is 1.